The van der Waals surface area contributed by atoms with Gasteiger partial charge < -0.3 is 5.73 Å². The summed E-state index contributed by atoms with van der Waals surface area (Å²) in [4.78, 5) is 15.0. The first-order chi connectivity index (χ1) is 7.18. The number of amides is 1. The van der Waals surface area contributed by atoms with E-state index in [0.29, 0.717) is 5.57 Å². The van der Waals surface area contributed by atoms with Crippen molar-refractivity contribution in [3.63, 3.8) is 0 Å². The molecule has 0 fully saturated rings. The number of nitrogens with zero attached hydrogens (tertiary/aromatic N) is 1. The Morgan fingerprint density at radius 3 is 2.80 bits per heavy atom. The summed E-state index contributed by atoms with van der Waals surface area (Å²) in [5, 5.41) is 2.04. The smallest absolute Gasteiger partial charge is 0.248 e. The predicted molar refractivity (Wildman–Crippen MR) is 60.0 cm³/mol. The number of hydrogen-bond donors (Lipinski definition) is 1. The SMILES string of the molecule is C=C(C(N)=O)c1ccc2cnccc2c1. The highest BCUT2D eigenvalue weighted by Crippen LogP contribution is 2.19. The molecule has 0 saturated carbocycles. The van der Waals surface area contributed by atoms with Crippen LogP contribution >= 0.6 is 0 Å². The van der Waals surface area contributed by atoms with Gasteiger partial charge in [-0.05, 0) is 23.1 Å². The summed E-state index contributed by atoms with van der Waals surface area (Å²) in [7, 11) is 0. The third-order valence-corrected chi connectivity index (χ3v) is 2.29. The van der Waals surface area contributed by atoms with Crippen molar-refractivity contribution in [1.29, 1.82) is 0 Å². The zero-order chi connectivity index (χ0) is 10.8. The summed E-state index contributed by atoms with van der Waals surface area (Å²) in [6, 6.07) is 7.47. The highest BCUT2D eigenvalue weighted by molar-refractivity contribution is 6.18. The van der Waals surface area contributed by atoms with E-state index >= 15 is 0 Å². The number of benzene rings is 1. The summed E-state index contributed by atoms with van der Waals surface area (Å²) in [5.74, 6) is -0.497. The molecular weight excluding hydrogens is 188 g/mol. The van der Waals surface area contributed by atoms with Crippen LogP contribution in [0.2, 0.25) is 0 Å². The van der Waals surface area contributed by atoms with Crippen molar-refractivity contribution in [2.45, 2.75) is 0 Å². The molecule has 15 heavy (non-hydrogen) atoms. The molecule has 1 aromatic heterocycles. The Morgan fingerprint density at radius 2 is 2.07 bits per heavy atom. The first kappa shape index (κ1) is 9.40. The second-order valence-corrected chi connectivity index (χ2v) is 3.28. The van der Waals surface area contributed by atoms with E-state index in [1.54, 1.807) is 12.4 Å². The summed E-state index contributed by atoms with van der Waals surface area (Å²) in [6.07, 6.45) is 3.48. The number of primary amides is 1. The Balaban J connectivity index is 2.56. The molecule has 74 valence electrons. The van der Waals surface area contributed by atoms with Crippen LogP contribution in [0.5, 0.6) is 0 Å². The minimum Gasteiger partial charge on any atom is -0.366 e. The van der Waals surface area contributed by atoms with Gasteiger partial charge in [0.25, 0.3) is 0 Å². The first-order valence-corrected chi connectivity index (χ1v) is 4.51. The number of nitrogens with two attached hydrogens (primary N) is 1. The van der Waals surface area contributed by atoms with E-state index in [0.717, 1.165) is 16.3 Å². The molecule has 2 rings (SSSR count). The van der Waals surface area contributed by atoms with E-state index in [1.165, 1.54) is 0 Å². The van der Waals surface area contributed by atoms with Crippen LogP contribution in [0.25, 0.3) is 16.3 Å². The van der Waals surface area contributed by atoms with E-state index < -0.39 is 5.91 Å². The van der Waals surface area contributed by atoms with E-state index in [9.17, 15) is 4.79 Å². The average molecular weight is 198 g/mol. The van der Waals surface area contributed by atoms with Crippen molar-refractivity contribution in [2.24, 2.45) is 5.73 Å². The summed E-state index contributed by atoms with van der Waals surface area (Å²) >= 11 is 0. The van der Waals surface area contributed by atoms with Gasteiger partial charge in [-0.3, -0.25) is 9.78 Å². The van der Waals surface area contributed by atoms with Crippen LogP contribution in [-0.4, -0.2) is 10.9 Å². The number of aromatic nitrogens is 1. The topological polar surface area (TPSA) is 56.0 Å². The van der Waals surface area contributed by atoms with Crippen molar-refractivity contribution in [3.05, 3.63) is 48.8 Å². The van der Waals surface area contributed by atoms with E-state index in [2.05, 4.69) is 11.6 Å². The highest BCUT2D eigenvalue weighted by Gasteiger charge is 2.05. The van der Waals surface area contributed by atoms with Crippen molar-refractivity contribution >= 4 is 22.3 Å². The lowest BCUT2D eigenvalue weighted by Crippen LogP contribution is -2.11. The van der Waals surface area contributed by atoms with Crippen molar-refractivity contribution in [3.8, 4) is 0 Å². The van der Waals surface area contributed by atoms with Crippen LogP contribution in [0.1, 0.15) is 5.56 Å². The number of fused-ring (bicyclic) bond motifs is 1. The van der Waals surface area contributed by atoms with Crippen molar-refractivity contribution in [2.75, 3.05) is 0 Å². The maximum absolute atomic E-state index is 10.9. The molecule has 0 aliphatic rings. The Hall–Kier alpha value is -2.16. The fraction of sp³-hybridized carbons (Fsp3) is 0. The molecule has 3 nitrogen and oxygen atoms in total. The van der Waals surface area contributed by atoms with Gasteiger partial charge >= 0.3 is 0 Å². The molecule has 1 heterocycles. The molecule has 2 aromatic rings. The molecule has 0 aliphatic carbocycles. The van der Waals surface area contributed by atoms with Gasteiger partial charge in [0, 0.05) is 23.4 Å². The molecule has 1 amide bonds. The monoisotopic (exact) mass is 198 g/mol. The van der Waals surface area contributed by atoms with Gasteiger partial charge in [-0.2, -0.15) is 0 Å². The van der Waals surface area contributed by atoms with Gasteiger partial charge in [-0.25, -0.2) is 0 Å². The lowest BCUT2D eigenvalue weighted by molar-refractivity contribution is -0.112. The molecule has 0 radical (unpaired) electrons. The maximum Gasteiger partial charge on any atom is 0.248 e. The summed E-state index contributed by atoms with van der Waals surface area (Å²) in [5.41, 5.74) is 6.24. The van der Waals surface area contributed by atoms with Crippen molar-refractivity contribution in [1.82, 2.24) is 4.98 Å². The number of rotatable bonds is 2. The van der Waals surface area contributed by atoms with Crippen LogP contribution in [0.3, 0.4) is 0 Å². The quantitative estimate of drug-likeness (QED) is 0.747. The van der Waals surface area contributed by atoms with E-state index in [-0.39, 0.29) is 0 Å². The minimum absolute atomic E-state index is 0.328. The lowest BCUT2D eigenvalue weighted by Gasteiger charge is -2.03. The molecule has 3 heteroatoms. The lowest BCUT2D eigenvalue weighted by atomic mass is 10.0. The summed E-state index contributed by atoms with van der Waals surface area (Å²) in [6.45, 7) is 3.64. The van der Waals surface area contributed by atoms with Gasteiger partial charge in [0.2, 0.25) is 5.91 Å². The van der Waals surface area contributed by atoms with E-state index in [4.69, 9.17) is 5.73 Å². The molecule has 1 aromatic carbocycles. The third kappa shape index (κ3) is 1.72. The van der Waals surface area contributed by atoms with Gasteiger partial charge in [0.15, 0.2) is 0 Å². The zero-order valence-electron chi connectivity index (χ0n) is 8.10. The Morgan fingerprint density at radius 1 is 1.27 bits per heavy atom. The van der Waals surface area contributed by atoms with Gasteiger partial charge in [-0.15, -0.1) is 0 Å². The molecule has 2 N–H and O–H groups in total. The molecule has 0 spiro atoms. The van der Waals surface area contributed by atoms with Crippen LogP contribution in [0, 0.1) is 0 Å². The predicted octanol–water partition coefficient (Wildman–Crippen LogP) is 1.73. The third-order valence-electron chi connectivity index (χ3n) is 2.29. The number of hydrogen-bond acceptors (Lipinski definition) is 2. The van der Waals surface area contributed by atoms with Gasteiger partial charge in [0.05, 0.1) is 0 Å². The normalized spacial score (nSPS) is 10.1. The molecule has 0 bridgehead atoms. The second kappa shape index (κ2) is 3.53. The largest absolute Gasteiger partial charge is 0.366 e. The molecule has 0 atom stereocenters. The second-order valence-electron chi connectivity index (χ2n) is 3.28. The average Bonchev–Trinajstić information content (AvgIpc) is 2.27. The van der Waals surface area contributed by atoms with Crippen molar-refractivity contribution < 1.29 is 4.79 Å². The fourth-order valence-corrected chi connectivity index (χ4v) is 1.41. The molecule has 0 unspecified atom stereocenters. The Bertz CT molecular complexity index is 546. The maximum atomic E-state index is 10.9. The molecular formula is C12H10N2O. The van der Waals surface area contributed by atoms with Crippen LogP contribution < -0.4 is 5.73 Å². The number of carbonyl (C=O) groups excluding carboxylic acids is 1. The number of pyridine rings is 1. The van der Waals surface area contributed by atoms with Crippen LogP contribution in [0.15, 0.2) is 43.2 Å². The zero-order valence-corrected chi connectivity index (χ0v) is 8.10. The van der Waals surface area contributed by atoms with Crippen LogP contribution in [0.4, 0.5) is 0 Å². The van der Waals surface area contributed by atoms with E-state index in [1.807, 2.05) is 24.3 Å². The van der Waals surface area contributed by atoms with Gasteiger partial charge in [-0.1, -0.05) is 18.7 Å². The Kier molecular flexibility index (Phi) is 2.21. The highest BCUT2D eigenvalue weighted by atomic mass is 16.1. The van der Waals surface area contributed by atoms with Gasteiger partial charge in [0.1, 0.15) is 0 Å². The first-order valence-electron chi connectivity index (χ1n) is 4.51. The standard InChI is InChI=1S/C12H10N2O/c1-8(12(13)15)9-2-3-11-7-14-5-4-10(11)6-9/h2-7H,1H2,(H2,13,15). The number of carbonyl (C=O) groups is 1. The van der Waals surface area contributed by atoms with Crippen LogP contribution in [-0.2, 0) is 4.79 Å². The summed E-state index contributed by atoms with van der Waals surface area (Å²) < 4.78 is 0. The fourth-order valence-electron chi connectivity index (χ4n) is 1.41. The minimum atomic E-state index is -0.497. The Labute approximate surface area is 87.2 Å². The molecule has 0 saturated heterocycles. The molecule has 0 aliphatic heterocycles.